The van der Waals surface area contributed by atoms with Crippen LogP contribution in [0.4, 0.5) is 0 Å². The van der Waals surface area contributed by atoms with Crippen molar-refractivity contribution in [1.82, 2.24) is 35.4 Å². The van der Waals surface area contributed by atoms with Gasteiger partial charge in [0.05, 0.1) is 6.54 Å². The number of rotatable bonds is 10. The fraction of sp³-hybridized carbons (Fsp3) is 0.320. The SMILES string of the molecule is C=CCCc1nc(CCC(C)C)nn1Cc1ccc(-c2ccccc2-c2nn[nH]n2)cc1. The second-order valence-corrected chi connectivity index (χ2v) is 8.34. The molecule has 2 heterocycles. The molecule has 7 nitrogen and oxygen atoms in total. The Morgan fingerprint density at radius 2 is 1.81 bits per heavy atom. The molecule has 164 valence electrons. The minimum absolute atomic E-state index is 0.591. The van der Waals surface area contributed by atoms with E-state index in [0.29, 0.717) is 18.3 Å². The highest BCUT2D eigenvalue weighted by Crippen LogP contribution is 2.29. The number of hydrogen-bond acceptors (Lipinski definition) is 5. The highest BCUT2D eigenvalue weighted by Gasteiger charge is 2.13. The average molecular weight is 428 g/mol. The molecule has 0 spiro atoms. The highest BCUT2D eigenvalue weighted by atomic mass is 15.5. The number of hydrogen-bond donors (Lipinski definition) is 1. The molecule has 0 radical (unpaired) electrons. The third-order valence-electron chi connectivity index (χ3n) is 5.42. The van der Waals surface area contributed by atoms with Gasteiger partial charge in [0.25, 0.3) is 0 Å². The number of tetrazole rings is 1. The van der Waals surface area contributed by atoms with Crippen molar-refractivity contribution in [3.8, 4) is 22.5 Å². The lowest BCUT2D eigenvalue weighted by atomic mass is 9.98. The first-order valence-corrected chi connectivity index (χ1v) is 11.1. The molecule has 4 rings (SSSR count). The van der Waals surface area contributed by atoms with Crippen LogP contribution in [0.5, 0.6) is 0 Å². The predicted molar refractivity (Wildman–Crippen MR) is 126 cm³/mol. The molecule has 2 aromatic heterocycles. The van der Waals surface area contributed by atoms with Gasteiger partial charge in [-0.3, -0.25) is 0 Å². The summed E-state index contributed by atoms with van der Waals surface area (Å²) in [5.74, 6) is 3.19. The molecule has 1 N–H and O–H groups in total. The third-order valence-corrected chi connectivity index (χ3v) is 5.42. The Balaban J connectivity index is 1.55. The minimum atomic E-state index is 0.591. The summed E-state index contributed by atoms with van der Waals surface area (Å²) in [6.45, 7) is 9.01. The van der Waals surface area contributed by atoms with Crippen molar-refractivity contribution in [2.24, 2.45) is 5.92 Å². The molecule has 0 fully saturated rings. The Morgan fingerprint density at radius 1 is 1.03 bits per heavy atom. The summed E-state index contributed by atoms with van der Waals surface area (Å²) in [6, 6.07) is 16.6. The number of aromatic amines is 1. The lowest BCUT2D eigenvalue weighted by Crippen LogP contribution is -2.07. The maximum Gasteiger partial charge on any atom is 0.205 e. The molecule has 4 aromatic rings. The highest BCUT2D eigenvalue weighted by molar-refractivity contribution is 5.80. The molecular weight excluding hydrogens is 398 g/mol. The summed E-state index contributed by atoms with van der Waals surface area (Å²) in [5, 5.41) is 19.3. The van der Waals surface area contributed by atoms with Crippen LogP contribution in [-0.2, 0) is 19.4 Å². The Hall–Kier alpha value is -3.61. The molecule has 0 bridgehead atoms. The first-order chi connectivity index (χ1) is 15.6. The third kappa shape index (κ3) is 5.17. The van der Waals surface area contributed by atoms with Crippen LogP contribution in [0, 0.1) is 5.92 Å². The van der Waals surface area contributed by atoms with Crippen molar-refractivity contribution in [1.29, 1.82) is 0 Å². The van der Waals surface area contributed by atoms with Crippen LogP contribution in [0.3, 0.4) is 0 Å². The van der Waals surface area contributed by atoms with Gasteiger partial charge >= 0.3 is 0 Å². The van der Waals surface area contributed by atoms with E-state index in [0.717, 1.165) is 54.0 Å². The predicted octanol–water partition coefficient (Wildman–Crippen LogP) is 4.88. The first kappa shape index (κ1) is 21.6. The quantitative estimate of drug-likeness (QED) is 0.365. The molecule has 0 aliphatic rings. The van der Waals surface area contributed by atoms with Crippen molar-refractivity contribution in [2.45, 2.75) is 46.1 Å². The Bertz CT molecular complexity index is 1140. The number of allylic oxidation sites excluding steroid dienone is 1. The van der Waals surface area contributed by atoms with E-state index in [1.807, 2.05) is 29.0 Å². The molecule has 0 aliphatic carbocycles. The van der Waals surface area contributed by atoms with E-state index in [9.17, 15) is 0 Å². The monoisotopic (exact) mass is 427 g/mol. The fourth-order valence-corrected chi connectivity index (χ4v) is 3.66. The van der Waals surface area contributed by atoms with Crippen molar-refractivity contribution < 1.29 is 0 Å². The number of nitrogens with zero attached hydrogens (tertiary/aromatic N) is 6. The van der Waals surface area contributed by atoms with E-state index in [1.54, 1.807) is 0 Å². The Labute approximate surface area is 188 Å². The van der Waals surface area contributed by atoms with Crippen LogP contribution in [0.2, 0.25) is 0 Å². The van der Waals surface area contributed by atoms with Gasteiger partial charge in [0.15, 0.2) is 5.82 Å². The molecule has 0 amide bonds. The van der Waals surface area contributed by atoms with E-state index >= 15 is 0 Å². The maximum absolute atomic E-state index is 4.80. The van der Waals surface area contributed by atoms with Crippen molar-refractivity contribution in [3.05, 3.63) is 78.4 Å². The molecule has 0 unspecified atom stereocenters. The van der Waals surface area contributed by atoms with E-state index in [1.165, 1.54) is 5.56 Å². The van der Waals surface area contributed by atoms with Crippen LogP contribution >= 0.6 is 0 Å². The standard InChI is InChI=1S/C25H29N7/c1-4-5-10-24-26-23(16-11-18(2)3)29-32(24)17-19-12-14-20(15-13-19)21-8-6-7-9-22(21)25-27-30-31-28-25/h4,6-9,12-15,18H,1,5,10-11,16-17H2,2-3H3,(H,27,28,30,31). The molecular formula is C25H29N7. The number of benzene rings is 2. The second-order valence-electron chi connectivity index (χ2n) is 8.34. The summed E-state index contributed by atoms with van der Waals surface area (Å²) in [5.41, 5.74) is 4.32. The topological polar surface area (TPSA) is 85.2 Å². The van der Waals surface area contributed by atoms with Gasteiger partial charge < -0.3 is 0 Å². The lowest BCUT2D eigenvalue weighted by molar-refractivity contribution is 0.568. The van der Waals surface area contributed by atoms with E-state index < -0.39 is 0 Å². The van der Waals surface area contributed by atoms with Gasteiger partial charge in [0.2, 0.25) is 5.82 Å². The zero-order valence-electron chi connectivity index (χ0n) is 18.7. The molecule has 32 heavy (non-hydrogen) atoms. The van der Waals surface area contributed by atoms with Gasteiger partial charge in [-0.15, -0.1) is 16.8 Å². The van der Waals surface area contributed by atoms with Crippen LogP contribution < -0.4 is 0 Å². The summed E-state index contributed by atoms with van der Waals surface area (Å²) in [6.07, 6.45) is 5.70. The molecule has 0 saturated carbocycles. The van der Waals surface area contributed by atoms with Gasteiger partial charge in [0.1, 0.15) is 5.82 Å². The smallest absolute Gasteiger partial charge is 0.205 e. The van der Waals surface area contributed by atoms with Gasteiger partial charge in [-0.2, -0.15) is 10.3 Å². The fourth-order valence-electron chi connectivity index (χ4n) is 3.66. The van der Waals surface area contributed by atoms with E-state index in [4.69, 9.17) is 10.1 Å². The molecule has 2 aromatic carbocycles. The molecule has 0 atom stereocenters. The number of aromatic nitrogens is 7. The van der Waals surface area contributed by atoms with Crippen molar-refractivity contribution in [2.75, 3.05) is 0 Å². The second kappa shape index (κ2) is 10.1. The zero-order chi connectivity index (χ0) is 22.3. The Kier molecular flexibility index (Phi) is 6.84. The van der Waals surface area contributed by atoms with E-state index in [2.05, 4.69) is 71.4 Å². The maximum atomic E-state index is 4.80. The van der Waals surface area contributed by atoms with Gasteiger partial charge in [-0.05, 0) is 40.7 Å². The lowest BCUT2D eigenvalue weighted by Gasteiger charge is -2.09. The first-order valence-electron chi connectivity index (χ1n) is 11.1. The van der Waals surface area contributed by atoms with E-state index in [-0.39, 0.29) is 0 Å². The van der Waals surface area contributed by atoms with Crippen LogP contribution in [0.15, 0.2) is 61.2 Å². The summed E-state index contributed by atoms with van der Waals surface area (Å²) < 4.78 is 2.04. The van der Waals surface area contributed by atoms with Gasteiger partial charge in [-0.1, -0.05) is 68.5 Å². The summed E-state index contributed by atoms with van der Waals surface area (Å²) in [7, 11) is 0. The summed E-state index contributed by atoms with van der Waals surface area (Å²) in [4.78, 5) is 4.80. The number of aryl methyl sites for hydroxylation is 2. The minimum Gasteiger partial charge on any atom is -0.245 e. The molecule has 0 saturated heterocycles. The van der Waals surface area contributed by atoms with Gasteiger partial charge in [0, 0.05) is 18.4 Å². The Morgan fingerprint density at radius 3 is 2.50 bits per heavy atom. The van der Waals surface area contributed by atoms with Crippen molar-refractivity contribution >= 4 is 0 Å². The molecule has 0 aliphatic heterocycles. The number of H-pyrrole nitrogens is 1. The number of nitrogens with one attached hydrogen (secondary N) is 1. The summed E-state index contributed by atoms with van der Waals surface area (Å²) >= 11 is 0. The van der Waals surface area contributed by atoms with Gasteiger partial charge in [-0.25, -0.2) is 9.67 Å². The van der Waals surface area contributed by atoms with Crippen molar-refractivity contribution in [3.63, 3.8) is 0 Å². The zero-order valence-corrected chi connectivity index (χ0v) is 18.7. The average Bonchev–Trinajstić information content (AvgIpc) is 3.47. The molecule has 7 heteroatoms. The van der Waals surface area contributed by atoms with Crippen LogP contribution in [0.25, 0.3) is 22.5 Å². The van der Waals surface area contributed by atoms with Crippen LogP contribution in [0.1, 0.15) is 43.9 Å². The van der Waals surface area contributed by atoms with Crippen LogP contribution in [-0.4, -0.2) is 35.4 Å². The normalized spacial score (nSPS) is 11.2. The largest absolute Gasteiger partial charge is 0.245 e.